The molecule has 0 spiro atoms. The SMILES string of the molecule is COc1ccc(C(N)Cc2ccccc2)c(OC)c1Cl. The van der Waals surface area contributed by atoms with Crippen molar-refractivity contribution >= 4 is 11.6 Å². The first-order valence-electron chi connectivity index (χ1n) is 6.37. The normalized spacial score (nSPS) is 12.0. The monoisotopic (exact) mass is 291 g/mol. The fourth-order valence-corrected chi connectivity index (χ4v) is 2.51. The third kappa shape index (κ3) is 3.06. The van der Waals surface area contributed by atoms with E-state index in [4.69, 9.17) is 26.8 Å². The van der Waals surface area contributed by atoms with Crippen LogP contribution < -0.4 is 15.2 Å². The molecule has 0 amide bonds. The van der Waals surface area contributed by atoms with Crippen molar-refractivity contribution in [1.29, 1.82) is 0 Å². The van der Waals surface area contributed by atoms with Gasteiger partial charge in [-0.05, 0) is 24.1 Å². The zero-order valence-electron chi connectivity index (χ0n) is 11.6. The van der Waals surface area contributed by atoms with Crippen LogP contribution in [-0.4, -0.2) is 14.2 Å². The van der Waals surface area contributed by atoms with Gasteiger partial charge in [0, 0.05) is 11.6 Å². The summed E-state index contributed by atoms with van der Waals surface area (Å²) in [5.74, 6) is 1.16. The molecule has 0 saturated heterocycles. The number of methoxy groups -OCH3 is 2. The fraction of sp³-hybridized carbons (Fsp3) is 0.250. The van der Waals surface area contributed by atoms with Gasteiger partial charge in [0.1, 0.15) is 16.5 Å². The van der Waals surface area contributed by atoms with Gasteiger partial charge in [0.25, 0.3) is 0 Å². The van der Waals surface area contributed by atoms with Crippen molar-refractivity contribution in [2.75, 3.05) is 14.2 Å². The molecule has 0 radical (unpaired) electrons. The van der Waals surface area contributed by atoms with Crippen LogP contribution in [0.25, 0.3) is 0 Å². The minimum atomic E-state index is -0.184. The molecule has 0 fully saturated rings. The molecule has 2 aromatic carbocycles. The van der Waals surface area contributed by atoms with Gasteiger partial charge < -0.3 is 15.2 Å². The van der Waals surface area contributed by atoms with Gasteiger partial charge in [0.05, 0.1) is 14.2 Å². The molecule has 2 rings (SSSR count). The van der Waals surface area contributed by atoms with Crippen molar-refractivity contribution in [3.05, 3.63) is 58.6 Å². The maximum absolute atomic E-state index is 6.28. The van der Waals surface area contributed by atoms with Crippen molar-refractivity contribution in [2.24, 2.45) is 5.73 Å². The van der Waals surface area contributed by atoms with Gasteiger partial charge in [-0.25, -0.2) is 0 Å². The number of nitrogens with two attached hydrogens (primary N) is 1. The molecule has 2 N–H and O–H groups in total. The first-order chi connectivity index (χ1) is 9.67. The number of hydrogen-bond donors (Lipinski definition) is 1. The zero-order chi connectivity index (χ0) is 14.5. The predicted molar refractivity (Wildman–Crippen MR) is 81.6 cm³/mol. The lowest BCUT2D eigenvalue weighted by atomic mass is 9.98. The zero-order valence-corrected chi connectivity index (χ0v) is 12.4. The van der Waals surface area contributed by atoms with Crippen LogP contribution >= 0.6 is 11.6 Å². The van der Waals surface area contributed by atoms with E-state index in [2.05, 4.69) is 12.1 Å². The summed E-state index contributed by atoms with van der Waals surface area (Å²) in [6, 6.07) is 13.6. The lowest BCUT2D eigenvalue weighted by Crippen LogP contribution is -2.14. The van der Waals surface area contributed by atoms with E-state index in [1.165, 1.54) is 5.56 Å². The molecule has 3 nitrogen and oxygen atoms in total. The highest BCUT2D eigenvalue weighted by Crippen LogP contribution is 2.39. The van der Waals surface area contributed by atoms with Crippen molar-refractivity contribution in [1.82, 2.24) is 0 Å². The smallest absolute Gasteiger partial charge is 0.146 e. The van der Waals surface area contributed by atoms with Crippen LogP contribution in [0.5, 0.6) is 11.5 Å². The van der Waals surface area contributed by atoms with Gasteiger partial charge in [-0.2, -0.15) is 0 Å². The van der Waals surface area contributed by atoms with E-state index in [0.717, 1.165) is 12.0 Å². The second-order valence-electron chi connectivity index (χ2n) is 4.50. The maximum Gasteiger partial charge on any atom is 0.146 e. The molecular weight excluding hydrogens is 274 g/mol. The first kappa shape index (κ1) is 14.7. The van der Waals surface area contributed by atoms with Crippen LogP contribution in [0.2, 0.25) is 5.02 Å². The van der Waals surface area contributed by atoms with E-state index < -0.39 is 0 Å². The predicted octanol–water partition coefficient (Wildman–Crippen LogP) is 3.60. The molecular formula is C16H18ClNO2. The van der Waals surface area contributed by atoms with E-state index in [-0.39, 0.29) is 6.04 Å². The molecule has 0 bridgehead atoms. The van der Waals surface area contributed by atoms with E-state index in [0.29, 0.717) is 16.5 Å². The van der Waals surface area contributed by atoms with Crippen LogP contribution in [0.4, 0.5) is 0 Å². The minimum Gasteiger partial charge on any atom is -0.495 e. The highest BCUT2D eigenvalue weighted by molar-refractivity contribution is 6.33. The summed E-state index contributed by atoms with van der Waals surface area (Å²) in [6.45, 7) is 0. The molecule has 106 valence electrons. The molecule has 1 unspecified atom stereocenters. The Hall–Kier alpha value is -1.71. The summed E-state index contributed by atoms with van der Waals surface area (Å²) in [4.78, 5) is 0. The lowest BCUT2D eigenvalue weighted by molar-refractivity contribution is 0.389. The lowest BCUT2D eigenvalue weighted by Gasteiger charge is -2.18. The first-order valence-corrected chi connectivity index (χ1v) is 6.75. The topological polar surface area (TPSA) is 44.5 Å². The van der Waals surface area contributed by atoms with Gasteiger partial charge in [-0.1, -0.05) is 41.9 Å². The van der Waals surface area contributed by atoms with E-state index in [1.807, 2.05) is 30.3 Å². The Balaban J connectivity index is 2.30. The van der Waals surface area contributed by atoms with Gasteiger partial charge in [-0.3, -0.25) is 0 Å². The Bertz CT molecular complexity index is 572. The molecule has 0 aliphatic carbocycles. The number of ether oxygens (including phenoxy) is 2. The Kier molecular flexibility index (Phi) is 4.88. The third-order valence-corrected chi connectivity index (χ3v) is 3.57. The van der Waals surface area contributed by atoms with Crippen LogP contribution in [0.1, 0.15) is 17.2 Å². The van der Waals surface area contributed by atoms with E-state index in [9.17, 15) is 0 Å². The Morgan fingerprint density at radius 3 is 2.35 bits per heavy atom. The van der Waals surface area contributed by atoms with Gasteiger partial charge in [0.15, 0.2) is 0 Å². The second kappa shape index (κ2) is 6.64. The third-order valence-electron chi connectivity index (χ3n) is 3.21. The average Bonchev–Trinajstić information content (AvgIpc) is 2.47. The number of rotatable bonds is 5. The standard InChI is InChI=1S/C16H18ClNO2/c1-19-14-9-8-12(16(20-2)15(14)17)13(18)10-11-6-4-3-5-7-11/h3-9,13H,10,18H2,1-2H3. The summed E-state index contributed by atoms with van der Waals surface area (Å²) in [5.41, 5.74) is 8.34. The van der Waals surface area contributed by atoms with Crippen molar-refractivity contribution in [3.63, 3.8) is 0 Å². The molecule has 0 aliphatic heterocycles. The second-order valence-corrected chi connectivity index (χ2v) is 4.88. The quantitative estimate of drug-likeness (QED) is 0.915. The molecule has 0 saturated carbocycles. The van der Waals surface area contributed by atoms with Gasteiger partial charge in [0.2, 0.25) is 0 Å². The highest BCUT2D eigenvalue weighted by Gasteiger charge is 2.18. The summed E-state index contributed by atoms with van der Waals surface area (Å²) in [6.07, 6.45) is 0.722. The highest BCUT2D eigenvalue weighted by atomic mass is 35.5. The number of benzene rings is 2. The molecule has 0 heterocycles. The van der Waals surface area contributed by atoms with Gasteiger partial charge >= 0.3 is 0 Å². The average molecular weight is 292 g/mol. The van der Waals surface area contributed by atoms with Crippen LogP contribution in [0.15, 0.2) is 42.5 Å². The largest absolute Gasteiger partial charge is 0.495 e. The van der Waals surface area contributed by atoms with E-state index >= 15 is 0 Å². The van der Waals surface area contributed by atoms with Crippen LogP contribution in [0, 0.1) is 0 Å². The molecule has 0 aliphatic rings. The van der Waals surface area contributed by atoms with E-state index in [1.54, 1.807) is 14.2 Å². The maximum atomic E-state index is 6.28. The Labute approximate surface area is 124 Å². The van der Waals surface area contributed by atoms with Crippen molar-refractivity contribution in [3.8, 4) is 11.5 Å². The molecule has 1 atom stereocenters. The number of hydrogen-bond acceptors (Lipinski definition) is 3. The summed E-state index contributed by atoms with van der Waals surface area (Å²) < 4.78 is 10.6. The van der Waals surface area contributed by atoms with Gasteiger partial charge in [-0.15, -0.1) is 0 Å². The molecule has 2 aromatic rings. The Morgan fingerprint density at radius 2 is 1.75 bits per heavy atom. The molecule has 4 heteroatoms. The molecule has 20 heavy (non-hydrogen) atoms. The van der Waals surface area contributed by atoms with Crippen LogP contribution in [0.3, 0.4) is 0 Å². The van der Waals surface area contributed by atoms with Crippen molar-refractivity contribution < 1.29 is 9.47 Å². The fourth-order valence-electron chi connectivity index (χ4n) is 2.19. The minimum absolute atomic E-state index is 0.184. The molecule has 0 aromatic heterocycles. The van der Waals surface area contributed by atoms with Crippen molar-refractivity contribution in [2.45, 2.75) is 12.5 Å². The number of halogens is 1. The summed E-state index contributed by atoms with van der Waals surface area (Å²) >= 11 is 6.26. The summed E-state index contributed by atoms with van der Waals surface area (Å²) in [5, 5.41) is 0.455. The van der Waals surface area contributed by atoms with Crippen LogP contribution in [-0.2, 0) is 6.42 Å². The Morgan fingerprint density at radius 1 is 1.05 bits per heavy atom. The summed E-state index contributed by atoms with van der Waals surface area (Å²) in [7, 11) is 3.16.